The third-order valence-electron chi connectivity index (χ3n) is 4.71. The third-order valence-corrected chi connectivity index (χ3v) is 9.21. The second-order valence-corrected chi connectivity index (χ2v) is 11.9. The van der Waals surface area contributed by atoms with Crippen LogP contribution < -0.4 is 0 Å². The Labute approximate surface area is 109 Å². The third kappa shape index (κ3) is 4.25. The maximum Gasteiger partial charge on any atom is 0.191 e. The van der Waals surface area contributed by atoms with Crippen molar-refractivity contribution in [3.63, 3.8) is 0 Å². The molecule has 100 valence electrons. The summed E-state index contributed by atoms with van der Waals surface area (Å²) in [6, 6.07) is 0. The molecule has 0 N–H and O–H groups in total. The zero-order chi connectivity index (χ0) is 13.1. The molecule has 2 heteroatoms. The largest absolute Gasteiger partial charge is 0.417 e. The first-order valence-electron chi connectivity index (χ1n) is 7.03. The first-order valence-corrected chi connectivity index (χ1v) is 9.93. The Morgan fingerprint density at radius 1 is 1.18 bits per heavy atom. The normalized spacial score (nSPS) is 26.9. The van der Waals surface area contributed by atoms with Crippen molar-refractivity contribution in [2.24, 2.45) is 11.8 Å². The molecule has 0 atom stereocenters. The summed E-state index contributed by atoms with van der Waals surface area (Å²) < 4.78 is 6.32. The van der Waals surface area contributed by atoms with Crippen LogP contribution >= 0.6 is 0 Å². The molecule has 1 aliphatic carbocycles. The predicted molar refractivity (Wildman–Crippen MR) is 78.8 cm³/mol. The molecule has 0 saturated heterocycles. The van der Waals surface area contributed by atoms with Crippen molar-refractivity contribution in [3.8, 4) is 0 Å². The van der Waals surface area contributed by atoms with Crippen LogP contribution in [0.25, 0.3) is 0 Å². The van der Waals surface area contributed by atoms with Crippen LogP contribution in [0.4, 0.5) is 0 Å². The van der Waals surface area contributed by atoms with Crippen molar-refractivity contribution in [1.29, 1.82) is 0 Å². The summed E-state index contributed by atoms with van der Waals surface area (Å²) in [6.45, 7) is 16.5. The van der Waals surface area contributed by atoms with E-state index in [4.69, 9.17) is 4.43 Å². The molecule has 1 fully saturated rings. The highest BCUT2D eigenvalue weighted by molar-refractivity contribution is 6.74. The van der Waals surface area contributed by atoms with Gasteiger partial charge in [0.25, 0.3) is 0 Å². The van der Waals surface area contributed by atoms with E-state index in [1.807, 2.05) is 0 Å². The van der Waals surface area contributed by atoms with E-state index >= 15 is 0 Å². The lowest BCUT2D eigenvalue weighted by molar-refractivity contribution is 0.181. The second kappa shape index (κ2) is 5.70. The van der Waals surface area contributed by atoms with E-state index in [1.54, 1.807) is 0 Å². The Morgan fingerprint density at radius 3 is 2.12 bits per heavy atom. The summed E-state index contributed by atoms with van der Waals surface area (Å²) in [7, 11) is -1.53. The maximum absolute atomic E-state index is 6.32. The Kier molecular flexibility index (Phi) is 5.03. The van der Waals surface area contributed by atoms with Crippen molar-refractivity contribution >= 4 is 8.32 Å². The highest BCUT2D eigenvalue weighted by atomic mass is 28.4. The van der Waals surface area contributed by atoms with Gasteiger partial charge in [-0.25, -0.2) is 0 Å². The summed E-state index contributed by atoms with van der Waals surface area (Å²) in [4.78, 5) is 0. The Morgan fingerprint density at radius 2 is 1.71 bits per heavy atom. The molecule has 0 heterocycles. The Balaban J connectivity index is 2.35. The number of hydrogen-bond donors (Lipinski definition) is 0. The minimum atomic E-state index is -1.53. The molecule has 0 aliphatic heterocycles. The molecule has 1 aliphatic rings. The molecule has 0 spiro atoms. The van der Waals surface area contributed by atoms with E-state index < -0.39 is 8.32 Å². The molecule has 0 aromatic rings. The monoisotopic (exact) mass is 254 g/mol. The van der Waals surface area contributed by atoms with Crippen LogP contribution in [-0.2, 0) is 4.43 Å². The molecule has 1 saturated carbocycles. The van der Waals surface area contributed by atoms with Crippen molar-refractivity contribution < 1.29 is 4.43 Å². The highest BCUT2D eigenvalue weighted by Crippen LogP contribution is 2.38. The van der Waals surface area contributed by atoms with Gasteiger partial charge in [0, 0.05) is 6.61 Å². The van der Waals surface area contributed by atoms with Crippen LogP contribution in [0.2, 0.25) is 18.1 Å². The second-order valence-electron chi connectivity index (χ2n) is 7.09. The van der Waals surface area contributed by atoms with Crippen LogP contribution in [0.1, 0.15) is 46.5 Å². The van der Waals surface area contributed by atoms with Gasteiger partial charge in [0.2, 0.25) is 0 Å². The number of hydrogen-bond acceptors (Lipinski definition) is 1. The van der Waals surface area contributed by atoms with E-state index in [0.29, 0.717) is 5.04 Å². The first kappa shape index (κ1) is 15.0. The molecule has 0 unspecified atom stereocenters. The Hall–Kier alpha value is -0.0831. The van der Waals surface area contributed by atoms with Gasteiger partial charge in [-0.15, -0.1) is 6.58 Å². The quantitative estimate of drug-likeness (QED) is 0.507. The van der Waals surface area contributed by atoms with Gasteiger partial charge in [-0.2, -0.15) is 0 Å². The lowest BCUT2D eigenvalue weighted by Crippen LogP contribution is -2.42. The summed E-state index contributed by atoms with van der Waals surface area (Å²) in [5, 5.41) is 0.339. The summed E-state index contributed by atoms with van der Waals surface area (Å²) in [5.74, 6) is 1.56. The lowest BCUT2D eigenvalue weighted by atomic mass is 9.83. The smallest absolute Gasteiger partial charge is 0.191 e. The Bertz CT molecular complexity index is 244. The van der Waals surface area contributed by atoms with Gasteiger partial charge in [-0.05, 0) is 55.7 Å². The molecule has 1 nitrogen and oxygen atoms in total. The molecule has 17 heavy (non-hydrogen) atoms. The maximum atomic E-state index is 6.32. The topological polar surface area (TPSA) is 9.23 Å². The van der Waals surface area contributed by atoms with E-state index in [9.17, 15) is 0 Å². The van der Waals surface area contributed by atoms with Gasteiger partial charge >= 0.3 is 0 Å². The average Bonchev–Trinajstić information content (AvgIpc) is 2.25. The molecular weight excluding hydrogens is 224 g/mol. The van der Waals surface area contributed by atoms with Gasteiger partial charge < -0.3 is 4.43 Å². The first-order chi connectivity index (χ1) is 7.76. The van der Waals surface area contributed by atoms with Crippen molar-refractivity contribution in [2.75, 3.05) is 6.61 Å². The molecule has 0 bridgehead atoms. The van der Waals surface area contributed by atoms with Crippen molar-refractivity contribution in [3.05, 3.63) is 12.7 Å². The van der Waals surface area contributed by atoms with E-state index in [0.717, 1.165) is 18.4 Å². The highest BCUT2D eigenvalue weighted by Gasteiger charge is 2.37. The van der Waals surface area contributed by atoms with Crippen LogP contribution in [0, 0.1) is 11.8 Å². The van der Waals surface area contributed by atoms with Crippen LogP contribution in [0.3, 0.4) is 0 Å². The van der Waals surface area contributed by atoms with Gasteiger partial charge in [0.15, 0.2) is 8.32 Å². The fraction of sp³-hybridized carbons (Fsp3) is 0.867. The molecular formula is C15H30OSi. The number of rotatable bonds is 4. The van der Waals surface area contributed by atoms with Crippen LogP contribution in [-0.4, -0.2) is 14.9 Å². The zero-order valence-corrected chi connectivity index (χ0v) is 13.4. The zero-order valence-electron chi connectivity index (χ0n) is 12.4. The van der Waals surface area contributed by atoms with Gasteiger partial charge in [-0.1, -0.05) is 26.8 Å². The summed E-state index contributed by atoms with van der Waals surface area (Å²) >= 11 is 0. The minimum absolute atomic E-state index is 0.339. The number of allylic oxidation sites excluding steroid dienone is 1. The fourth-order valence-corrected chi connectivity index (χ4v) is 3.22. The van der Waals surface area contributed by atoms with Crippen LogP contribution in [0.5, 0.6) is 0 Å². The standard InChI is InChI=1S/C15H30OSi/c1-7-13-8-10-14(11-9-13)12-16-17(5,6)15(2,3)4/h7,13-14H,1,8-12H2,2-6H3. The minimum Gasteiger partial charge on any atom is -0.417 e. The van der Waals surface area contributed by atoms with Crippen molar-refractivity contribution in [2.45, 2.75) is 64.6 Å². The molecule has 0 aromatic heterocycles. The fourth-order valence-electron chi connectivity index (χ4n) is 2.13. The summed E-state index contributed by atoms with van der Waals surface area (Å²) in [6.07, 6.45) is 7.41. The molecule has 0 aromatic carbocycles. The van der Waals surface area contributed by atoms with Gasteiger partial charge in [0.1, 0.15) is 0 Å². The average molecular weight is 254 g/mol. The van der Waals surface area contributed by atoms with E-state index in [2.05, 4.69) is 46.5 Å². The van der Waals surface area contributed by atoms with Crippen molar-refractivity contribution in [1.82, 2.24) is 0 Å². The molecule has 1 rings (SSSR count). The molecule has 0 amide bonds. The summed E-state index contributed by atoms with van der Waals surface area (Å²) in [5.41, 5.74) is 0. The van der Waals surface area contributed by atoms with Crippen LogP contribution in [0.15, 0.2) is 12.7 Å². The van der Waals surface area contributed by atoms with E-state index in [1.165, 1.54) is 25.7 Å². The lowest BCUT2D eigenvalue weighted by Gasteiger charge is -2.38. The van der Waals surface area contributed by atoms with E-state index in [-0.39, 0.29) is 0 Å². The molecule has 0 radical (unpaired) electrons. The predicted octanol–water partition coefficient (Wildman–Crippen LogP) is 5.00. The van der Waals surface area contributed by atoms with Gasteiger partial charge in [0.05, 0.1) is 0 Å². The SMILES string of the molecule is C=CC1CCC(CO[Si](C)(C)C(C)(C)C)CC1. The van der Waals surface area contributed by atoms with Gasteiger partial charge in [-0.3, -0.25) is 0 Å².